The predicted molar refractivity (Wildman–Crippen MR) is 84.2 cm³/mol. The van der Waals surface area contributed by atoms with Crippen molar-refractivity contribution in [2.24, 2.45) is 0 Å². The first-order chi connectivity index (χ1) is 9.29. The Hall–Kier alpha value is -2.09. The van der Waals surface area contributed by atoms with E-state index in [0.717, 1.165) is 11.1 Å². The fraction of sp³-hybridized carbons (Fsp3) is 0.278. The molecule has 0 radical (unpaired) electrons. The van der Waals surface area contributed by atoms with Gasteiger partial charge in [-0.3, -0.25) is 4.79 Å². The fourth-order valence-corrected chi connectivity index (χ4v) is 2.17. The normalized spacial score (nSPS) is 11.4. The Bertz CT molecular complexity index is 633. The third-order valence-corrected chi connectivity index (χ3v) is 3.51. The van der Waals surface area contributed by atoms with E-state index in [1.165, 1.54) is 5.56 Å². The molecule has 2 aromatic carbocycles. The molecular weight excluding hydrogens is 246 g/mol. The van der Waals surface area contributed by atoms with Crippen molar-refractivity contribution in [1.29, 1.82) is 0 Å². The average molecular weight is 267 g/mol. The van der Waals surface area contributed by atoms with Crippen LogP contribution in [0.2, 0.25) is 0 Å². The minimum atomic E-state index is 0.0444. The SMILES string of the molecule is Cc1cc(C(C)(C)C)ccc1C(=O)c1ccc(N)cc1. The van der Waals surface area contributed by atoms with E-state index in [1.807, 2.05) is 19.1 Å². The van der Waals surface area contributed by atoms with Gasteiger partial charge in [0.15, 0.2) is 5.78 Å². The van der Waals surface area contributed by atoms with E-state index in [-0.39, 0.29) is 11.2 Å². The molecule has 0 saturated heterocycles. The van der Waals surface area contributed by atoms with Crippen molar-refractivity contribution in [2.75, 3.05) is 5.73 Å². The lowest BCUT2D eigenvalue weighted by Crippen LogP contribution is -2.12. The maximum Gasteiger partial charge on any atom is 0.193 e. The number of aryl methyl sites for hydroxylation is 1. The summed E-state index contributed by atoms with van der Waals surface area (Å²) in [7, 11) is 0. The molecule has 0 fully saturated rings. The molecule has 2 aromatic rings. The molecule has 0 spiro atoms. The molecule has 0 saturated carbocycles. The summed E-state index contributed by atoms with van der Waals surface area (Å²) in [6.45, 7) is 8.50. The molecule has 2 rings (SSSR count). The van der Waals surface area contributed by atoms with Gasteiger partial charge in [0.1, 0.15) is 0 Å². The highest BCUT2D eigenvalue weighted by atomic mass is 16.1. The highest BCUT2D eigenvalue weighted by Gasteiger charge is 2.17. The predicted octanol–water partition coefficient (Wildman–Crippen LogP) is 4.11. The Morgan fingerprint density at radius 2 is 1.60 bits per heavy atom. The standard InChI is InChI=1S/C18H21NO/c1-12-11-14(18(2,3)4)7-10-16(12)17(20)13-5-8-15(19)9-6-13/h5-11H,19H2,1-4H3. The molecule has 20 heavy (non-hydrogen) atoms. The van der Waals surface area contributed by atoms with Gasteiger partial charge in [-0.15, -0.1) is 0 Å². The van der Waals surface area contributed by atoms with Gasteiger partial charge in [-0.05, 0) is 47.7 Å². The molecule has 0 aliphatic heterocycles. The van der Waals surface area contributed by atoms with Crippen LogP contribution in [0, 0.1) is 6.92 Å². The summed E-state index contributed by atoms with van der Waals surface area (Å²) < 4.78 is 0. The maximum atomic E-state index is 12.5. The van der Waals surface area contributed by atoms with Crippen LogP contribution in [0.25, 0.3) is 0 Å². The second kappa shape index (κ2) is 5.12. The summed E-state index contributed by atoms with van der Waals surface area (Å²) in [5.41, 5.74) is 10.1. The van der Waals surface area contributed by atoms with E-state index in [1.54, 1.807) is 24.3 Å². The Kier molecular flexibility index (Phi) is 3.67. The number of benzene rings is 2. The number of ketones is 1. The zero-order valence-corrected chi connectivity index (χ0v) is 12.5. The van der Waals surface area contributed by atoms with E-state index >= 15 is 0 Å². The van der Waals surface area contributed by atoms with E-state index in [4.69, 9.17) is 5.73 Å². The average Bonchev–Trinajstić information content (AvgIpc) is 2.37. The summed E-state index contributed by atoms with van der Waals surface area (Å²) in [4.78, 5) is 12.5. The van der Waals surface area contributed by atoms with Crippen molar-refractivity contribution in [3.63, 3.8) is 0 Å². The van der Waals surface area contributed by atoms with Crippen molar-refractivity contribution >= 4 is 11.5 Å². The number of rotatable bonds is 2. The van der Waals surface area contributed by atoms with Gasteiger partial charge in [0.05, 0.1) is 0 Å². The maximum absolute atomic E-state index is 12.5. The van der Waals surface area contributed by atoms with Gasteiger partial charge in [0, 0.05) is 16.8 Å². The number of hydrogen-bond donors (Lipinski definition) is 1. The number of carbonyl (C=O) groups is 1. The van der Waals surface area contributed by atoms with Crippen LogP contribution in [0.1, 0.15) is 47.8 Å². The first kappa shape index (κ1) is 14.3. The minimum Gasteiger partial charge on any atom is -0.399 e. The summed E-state index contributed by atoms with van der Waals surface area (Å²) >= 11 is 0. The van der Waals surface area contributed by atoms with Crippen LogP contribution in [-0.2, 0) is 5.41 Å². The van der Waals surface area contributed by atoms with Gasteiger partial charge in [0.2, 0.25) is 0 Å². The van der Waals surface area contributed by atoms with Crippen molar-refractivity contribution in [3.8, 4) is 0 Å². The molecule has 2 N–H and O–H groups in total. The molecule has 0 amide bonds. The fourth-order valence-electron chi connectivity index (χ4n) is 2.17. The third-order valence-electron chi connectivity index (χ3n) is 3.51. The first-order valence-corrected chi connectivity index (χ1v) is 6.80. The number of carbonyl (C=O) groups excluding carboxylic acids is 1. The van der Waals surface area contributed by atoms with E-state index in [2.05, 4.69) is 26.8 Å². The third kappa shape index (κ3) is 2.90. The van der Waals surface area contributed by atoms with Gasteiger partial charge in [-0.2, -0.15) is 0 Å². The summed E-state index contributed by atoms with van der Waals surface area (Å²) in [6.07, 6.45) is 0. The van der Waals surface area contributed by atoms with Crippen LogP contribution < -0.4 is 5.73 Å². The second-order valence-electron chi connectivity index (χ2n) is 6.23. The number of nitrogen functional groups attached to an aromatic ring is 1. The van der Waals surface area contributed by atoms with Crippen LogP contribution in [0.15, 0.2) is 42.5 Å². The number of nitrogens with two attached hydrogens (primary N) is 1. The zero-order valence-electron chi connectivity index (χ0n) is 12.5. The Morgan fingerprint density at radius 3 is 2.10 bits per heavy atom. The molecule has 0 atom stereocenters. The lowest BCUT2D eigenvalue weighted by Gasteiger charge is -2.20. The van der Waals surface area contributed by atoms with Crippen LogP contribution >= 0.6 is 0 Å². The molecular formula is C18H21NO. The monoisotopic (exact) mass is 267 g/mol. The van der Waals surface area contributed by atoms with E-state index in [0.29, 0.717) is 11.3 Å². The molecule has 2 nitrogen and oxygen atoms in total. The highest BCUT2D eigenvalue weighted by molar-refractivity contribution is 6.10. The Balaban J connectivity index is 2.38. The lowest BCUT2D eigenvalue weighted by molar-refractivity contribution is 0.103. The largest absolute Gasteiger partial charge is 0.399 e. The van der Waals surface area contributed by atoms with Crippen LogP contribution in [0.3, 0.4) is 0 Å². The zero-order chi connectivity index (χ0) is 14.9. The van der Waals surface area contributed by atoms with Crippen molar-refractivity contribution in [1.82, 2.24) is 0 Å². The summed E-state index contributed by atoms with van der Waals surface area (Å²) in [5.74, 6) is 0.0444. The molecule has 0 aromatic heterocycles. The van der Waals surface area contributed by atoms with Gasteiger partial charge in [0.25, 0.3) is 0 Å². The van der Waals surface area contributed by atoms with Crippen molar-refractivity contribution in [2.45, 2.75) is 33.1 Å². The van der Waals surface area contributed by atoms with Crippen LogP contribution in [0.5, 0.6) is 0 Å². The van der Waals surface area contributed by atoms with Crippen LogP contribution in [0.4, 0.5) is 5.69 Å². The Morgan fingerprint density at radius 1 is 1.00 bits per heavy atom. The molecule has 0 aliphatic rings. The quantitative estimate of drug-likeness (QED) is 0.657. The molecule has 104 valence electrons. The highest BCUT2D eigenvalue weighted by Crippen LogP contribution is 2.25. The van der Waals surface area contributed by atoms with Gasteiger partial charge in [-0.25, -0.2) is 0 Å². The van der Waals surface area contributed by atoms with Gasteiger partial charge in [-0.1, -0.05) is 39.0 Å². The van der Waals surface area contributed by atoms with Crippen LogP contribution in [-0.4, -0.2) is 5.78 Å². The first-order valence-electron chi connectivity index (χ1n) is 6.80. The van der Waals surface area contributed by atoms with Crippen molar-refractivity contribution < 1.29 is 4.79 Å². The lowest BCUT2D eigenvalue weighted by atomic mass is 9.84. The van der Waals surface area contributed by atoms with E-state index in [9.17, 15) is 4.79 Å². The topological polar surface area (TPSA) is 43.1 Å². The number of anilines is 1. The second-order valence-corrected chi connectivity index (χ2v) is 6.23. The molecule has 2 heteroatoms. The summed E-state index contributed by atoms with van der Waals surface area (Å²) in [6, 6.07) is 13.1. The molecule has 0 aliphatic carbocycles. The van der Waals surface area contributed by atoms with Gasteiger partial charge >= 0.3 is 0 Å². The molecule has 0 unspecified atom stereocenters. The van der Waals surface area contributed by atoms with E-state index < -0.39 is 0 Å². The minimum absolute atomic E-state index is 0.0444. The molecule has 0 bridgehead atoms. The number of hydrogen-bond acceptors (Lipinski definition) is 2. The van der Waals surface area contributed by atoms with Crippen molar-refractivity contribution in [3.05, 3.63) is 64.7 Å². The van der Waals surface area contributed by atoms with Gasteiger partial charge < -0.3 is 5.73 Å². The molecule has 0 heterocycles. The Labute approximate surface area is 120 Å². The summed E-state index contributed by atoms with van der Waals surface area (Å²) in [5, 5.41) is 0. The smallest absolute Gasteiger partial charge is 0.193 e.